The van der Waals surface area contributed by atoms with Crippen LogP contribution in [0.15, 0.2) is 58.5 Å². The molecule has 0 radical (unpaired) electrons. The number of thioether (sulfide) groups is 1. The third-order valence-corrected chi connectivity index (χ3v) is 6.15. The molecule has 0 unspecified atom stereocenters. The largest absolute Gasteiger partial charge is 0.306 e. The number of benzene rings is 2. The smallest absolute Gasteiger partial charge is 0.259 e. The fourth-order valence-electron chi connectivity index (χ4n) is 4.18. The lowest BCUT2D eigenvalue weighted by Gasteiger charge is -2.46. The van der Waals surface area contributed by atoms with Crippen LogP contribution in [0.4, 0.5) is 5.69 Å². The van der Waals surface area contributed by atoms with Gasteiger partial charge in [0.15, 0.2) is 5.16 Å². The van der Waals surface area contributed by atoms with Crippen molar-refractivity contribution in [1.82, 2.24) is 9.97 Å². The number of nitrogens with one attached hydrogen (secondary N) is 1. The summed E-state index contributed by atoms with van der Waals surface area (Å²) in [6, 6.07) is 15.3. The van der Waals surface area contributed by atoms with Crippen molar-refractivity contribution in [1.29, 1.82) is 0 Å². The number of aromatic nitrogens is 2. The fraction of sp³-hybridized carbons (Fsp3) is 0.318. The summed E-state index contributed by atoms with van der Waals surface area (Å²) in [6.45, 7) is 6.43. The Hall–Kier alpha value is -2.60. The highest BCUT2D eigenvalue weighted by Crippen LogP contribution is 2.43. The van der Waals surface area contributed by atoms with E-state index in [4.69, 9.17) is 0 Å². The number of hydrogen-bond acceptors (Lipinski definition) is 4. The number of carbonyl (C=O) groups is 1. The minimum absolute atomic E-state index is 0.0187. The second-order valence-electron chi connectivity index (χ2n) is 7.88. The third-order valence-electron chi connectivity index (χ3n) is 5.29. The van der Waals surface area contributed by atoms with Gasteiger partial charge in [-0.25, -0.2) is 4.98 Å². The van der Waals surface area contributed by atoms with Gasteiger partial charge in [0.2, 0.25) is 5.91 Å². The highest BCUT2D eigenvalue weighted by Gasteiger charge is 2.39. The van der Waals surface area contributed by atoms with Crippen LogP contribution >= 0.6 is 11.8 Å². The number of fused-ring (bicyclic) bond motifs is 2. The maximum atomic E-state index is 13.2. The number of anilines is 1. The predicted molar refractivity (Wildman–Crippen MR) is 114 cm³/mol. The molecule has 1 atom stereocenters. The monoisotopic (exact) mass is 393 g/mol. The first kappa shape index (κ1) is 18.7. The number of nitrogens with zero attached hydrogens (tertiary/aromatic N) is 2. The van der Waals surface area contributed by atoms with E-state index in [0.29, 0.717) is 22.0 Å². The van der Waals surface area contributed by atoms with Gasteiger partial charge in [-0.15, -0.1) is 0 Å². The number of amides is 1. The second kappa shape index (κ2) is 7.09. The van der Waals surface area contributed by atoms with Crippen molar-refractivity contribution >= 4 is 34.3 Å². The number of carbonyl (C=O) groups excluding carboxylic acids is 1. The van der Waals surface area contributed by atoms with Crippen LogP contribution in [-0.4, -0.2) is 27.2 Å². The lowest BCUT2D eigenvalue weighted by molar-refractivity contribution is -0.117. The Labute approximate surface area is 168 Å². The summed E-state index contributed by atoms with van der Waals surface area (Å²) in [5, 5.41) is 1.02. The minimum Gasteiger partial charge on any atom is -0.306 e. The minimum atomic E-state index is -0.268. The molecule has 1 aliphatic rings. The SMILES string of the molecule is C[C@H]1CC(C)(C)N(C(=O)CSc2nc3ccccc3c(=O)[nH]2)c2ccccc21. The van der Waals surface area contributed by atoms with E-state index >= 15 is 0 Å². The number of aromatic amines is 1. The highest BCUT2D eigenvalue weighted by molar-refractivity contribution is 7.99. The maximum Gasteiger partial charge on any atom is 0.259 e. The molecule has 1 aromatic heterocycles. The van der Waals surface area contributed by atoms with Gasteiger partial charge < -0.3 is 9.88 Å². The van der Waals surface area contributed by atoms with E-state index < -0.39 is 0 Å². The molecule has 0 saturated heterocycles. The van der Waals surface area contributed by atoms with Gasteiger partial charge in [0.25, 0.3) is 5.56 Å². The van der Waals surface area contributed by atoms with Crippen LogP contribution in [0.25, 0.3) is 10.9 Å². The molecule has 1 aliphatic heterocycles. The molecule has 0 spiro atoms. The van der Waals surface area contributed by atoms with Crippen LogP contribution in [-0.2, 0) is 4.79 Å². The molecule has 0 bridgehead atoms. The molecule has 0 aliphatic carbocycles. The molecule has 3 aromatic rings. The van der Waals surface area contributed by atoms with Gasteiger partial charge in [-0.2, -0.15) is 0 Å². The molecule has 6 heteroatoms. The first-order chi connectivity index (χ1) is 13.4. The van der Waals surface area contributed by atoms with Crippen LogP contribution in [0.1, 0.15) is 38.7 Å². The van der Waals surface area contributed by atoms with Crippen molar-refractivity contribution in [2.75, 3.05) is 10.7 Å². The summed E-state index contributed by atoms with van der Waals surface area (Å²) in [7, 11) is 0. The van der Waals surface area contributed by atoms with Crippen molar-refractivity contribution in [3.63, 3.8) is 0 Å². The predicted octanol–water partition coefficient (Wildman–Crippen LogP) is 4.33. The van der Waals surface area contributed by atoms with Crippen LogP contribution in [0.5, 0.6) is 0 Å². The zero-order chi connectivity index (χ0) is 19.9. The van der Waals surface area contributed by atoms with Gasteiger partial charge in [-0.1, -0.05) is 49.0 Å². The van der Waals surface area contributed by atoms with E-state index in [1.165, 1.54) is 17.3 Å². The summed E-state index contributed by atoms with van der Waals surface area (Å²) >= 11 is 1.27. The molecule has 0 saturated carbocycles. The molecule has 5 nitrogen and oxygen atoms in total. The van der Waals surface area contributed by atoms with E-state index in [1.807, 2.05) is 41.3 Å². The van der Waals surface area contributed by atoms with E-state index in [-0.39, 0.29) is 22.8 Å². The average molecular weight is 394 g/mol. The highest BCUT2D eigenvalue weighted by atomic mass is 32.2. The third kappa shape index (κ3) is 3.33. The second-order valence-corrected chi connectivity index (χ2v) is 8.85. The van der Waals surface area contributed by atoms with Gasteiger partial charge >= 0.3 is 0 Å². The topological polar surface area (TPSA) is 66.1 Å². The van der Waals surface area contributed by atoms with Gasteiger partial charge in [-0.05, 0) is 49.9 Å². The Balaban J connectivity index is 1.60. The molecular weight excluding hydrogens is 370 g/mol. The molecule has 2 heterocycles. The lowest BCUT2D eigenvalue weighted by Crippen LogP contribution is -2.52. The summed E-state index contributed by atoms with van der Waals surface area (Å²) in [6.07, 6.45) is 0.908. The van der Waals surface area contributed by atoms with Gasteiger partial charge in [-0.3, -0.25) is 9.59 Å². The van der Waals surface area contributed by atoms with E-state index in [9.17, 15) is 9.59 Å². The fourth-order valence-corrected chi connectivity index (χ4v) is 4.90. The van der Waals surface area contributed by atoms with Crippen LogP contribution < -0.4 is 10.5 Å². The zero-order valence-electron chi connectivity index (χ0n) is 16.2. The molecule has 1 amide bonds. The lowest BCUT2D eigenvalue weighted by atomic mass is 9.80. The van der Waals surface area contributed by atoms with Crippen LogP contribution in [0, 0.1) is 0 Å². The first-order valence-corrected chi connectivity index (χ1v) is 10.4. The van der Waals surface area contributed by atoms with Crippen molar-refractivity contribution in [3.05, 3.63) is 64.4 Å². The molecule has 144 valence electrons. The van der Waals surface area contributed by atoms with Crippen molar-refractivity contribution in [2.45, 2.75) is 43.8 Å². The molecule has 1 N–H and O–H groups in total. The quantitative estimate of drug-likeness (QED) is 0.531. The van der Waals surface area contributed by atoms with Crippen LogP contribution in [0.3, 0.4) is 0 Å². The summed E-state index contributed by atoms with van der Waals surface area (Å²) < 4.78 is 0. The normalized spacial score (nSPS) is 18.1. The number of H-pyrrole nitrogens is 1. The molecule has 0 fully saturated rings. The first-order valence-electron chi connectivity index (χ1n) is 9.41. The van der Waals surface area contributed by atoms with E-state index in [1.54, 1.807) is 6.07 Å². The average Bonchev–Trinajstić information content (AvgIpc) is 2.66. The number of hydrogen-bond donors (Lipinski definition) is 1. The molecule has 2 aromatic carbocycles. The summed E-state index contributed by atoms with van der Waals surface area (Å²) in [5.41, 5.74) is 2.38. The Morgan fingerprint density at radius 1 is 1.21 bits per heavy atom. The Bertz CT molecular complexity index is 1110. The summed E-state index contributed by atoms with van der Waals surface area (Å²) in [5.74, 6) is 0.638. The van der Waals surface area contributed by atoms with Crippen molar-refractivity contribution in [3.8, 4) is 0 Å². The van der Waals surface area contributed by atoms with Crippen molar-refractivity contribution in [2.24, 2.45) is 0 Å². The van der Waals surface area contributed by atoms with Crippen LogP contribution in [0.2, 0.25) is 0 Å². The summed E-state index contributed by atoms with van der Waals surface area (Å²) in [4.78, 5) is 34.6. The molecule has 28 heavy (non-hydrogen) atoms. The Morgan fingerprint density at radius 2 is 1.93 bits per heavy atom. The molecular formula is C22H23N3O2S. The Morgan fingerprint density at radius 3 is 2.75 bits per heavy atom. The van der Waals surface area contributed by atoms with Crippen molar-refractivity contribution < 1.29 is 4.79 Å². The molecule has 4 rings (SSSR count). The number of para-hydroxylation sites is 2. The van der Waals surface area contributed by atoms with E-state index in [0.717, 1.165) is 12.1 Å². The van der Waals surface area contributed by atoms with Gasteiger partial charge in [0.1, 0.15) is 0 Å². The standard InChI is InChI=1S/C22H23N3O2S/c1-14-12-22(2,3)25(18-11-7-5-8-15(14)18)19(26)13-28-21-23-17-10-6-4-9-16(17)20(27)24-21/h4-11,14H,12-13H2,1-3H3,(H,23,24,27)/t14-/m0/s1. The number of rotatable bonds is 3. The zero-order valence-corrected chi connectivity index (χ0v) is 17.0. The van der Waals surface area contributed by atoms with Gasteiger partial charge in [0, 0.05) is 11.2 Å². The Kier molecular flexibility index (Phi) is 4.75. The van der Waals surface area contributed by atoms with E-state index in [2.05, 4.69) is 36.8 Å². The maximum absolute atomic E-state index is 13.2. The van der Waals surface area contributed by atoms with Gasteiger partial charge in [0.05, 0.1) is 16.7 Å².